The Morgan fingerprint density at radius 2 is 1.75 bits per heavy atom. The number of halogens is 6. The summed E-state index contributed by atoms with van der Waals surface area (Å²) in [6, 6.07) is 8.15. The number of carbonyl (C=O) groups excluding carboxylic acids is 1. The average Bonchev–Trinajstić information content (AvgIpc) is 2.91. The van der Waals surface area contributed by atoms with Crippen molar-refractivity contribution in [2.24, 2.45) is 5.41 Å². The van der Waals surface area contributed by atoms with E-state index >= 15 is 8.78 Å². The van der Waals surface area contributed by atoms with E-state index in [2.05, 4.69) is 10.1 Å². The van der Waals surface area contributed by atoms with Crippen LogP contribution in [-0.4, -0.2) is 63.7 Å². The Balaban J connectivity index is 1.52. The summed E-state index contributed by atoms with van der Waals surface area (Å²) < 4.78 is 97.8. The van der Waals surface area contributed by atoms with Crippen LogP contribution in [0.2, 0.25) is 0 Å². The summed E-state index contributed by atoms with van der Waals surface area (Å²) in [6.45, 7) is 2.06. The Bertz CT molecular complexity index is 1170. The minimum atomic E-state index is -5.19. The van der Waals surface area contributed by atoms with Crippen LogP contribution in [0.25, 0.3) is 0 Å². The van der Waals surface area contributed by atoms with Crippen molar-refractivity contribution in [3.8, 4) is 11.5 Å². The highest BCUT2D eigenvalue weighted by Gasteiger charge is 2.51. The van der Waals surface area contributed by atoms with Crippen LogP contribution in [-0.2, 0) is 15.5 Å². The second-order valence-electron chi connectivity index (χ2n) is 10.2. The van der Waals surface area contributed by atoms with Gasteiger partial charge in [0.2, 0.25) is 0 Å². The Morgan fingerprint density at radius 3 is 2.45 bits per heavy atom. The van der Waals surface area contributed by atoms with E-state index in [9.17, 15) is 22.4 Å². The van der Waals surface area contributed by atoms with Gasteiger partial charge < -0.3 is 24.4 Å². The number of hydrogen-bond donors (Lipinski definition) is 1. The van der Waals surface area contributed by atoms with E-state index in [-0.39, 0.29) is 24.4 Å². The number of piperidine rings is 2. The Kier molecular flexibility index (Phi) is 9.19. The van der Waals surface area contributed by atoms with E-state index in [1.807, 2.05) is 0 Å². The number of para-hydroxylation sites is 1. The molecule has 2 fully saturated rings. The molecule has 0 saturated carbocycles. The number of rotatable bonds is 9. The molecule has 2 heterocycles. The number of benzene rings is 2. The molecule has 2 aromatic carbocycles. The third kappa shape index (κ3) is 6.65. The second kappa shape index (κ2) is 12.3. The Labute approximate surface area is 228 Å². The van der Waals surface area contributed by atoms with Crippen molar-refractivity contribution < 1.29 is 45.3 Å². The molecule has 4 rings (SSSR count). The number of amides is 1. The molecular weight excluding hydrogens is 542 g/mol. The molecule has 1 amide bonds. The van der Waals surface area contributed by atoms with Gasteiger partial charge in [-0.25, -0.2) is 4.39 Å². The van der Waals surface area contributed by atoms with Crippen molar-refractivity contribution >= 4 is 5.91 Å². The van der Waals surface area contributed by atoms with E-state index in [1.165, 1.54) is 12.1 Å². The number of hydrogen-bond acceptors (Lipinski definition) is 5. The summed E-state index contributed by atoms with van der Waals surface area (Å²) >= 11 is 0. The Hall–Kier alpha value is -2.99. The molecule has 0 bridgehead atoms. The average molecular weight is 575 g/mol. The SMILES string of the molecule is COCCCOc1cc(F)ccc1[C@@H]1CNCCC12CCN(C(=O)C(F)(F)c1ccccc1OC(F)(F)F)CC2. The second-order valence-corrected chi connectivity index (χ2v) is 10.2. The summed E-state index contributed by atoms with van der Waals surface area (Å²) in [7, 11) is 1.58. The molecule has 2 aromatic rings. The van der Waals surface area contributed by atoms with Gasteiger partial charge in [-0.2, -0.15) is 8.78 Å². The van der Waals surface area contributed by atoms with E-state index in [0.29, 0.717) is 57.7 Å². The lowest BCUT2D eigenvalue weighted by Crippen LogP contribution is -2.53. The first kappa shape index (κ1) is 30.0. The minimum Gasteiger partial charge on any atom is -0.493 e. The number of likely N-dealkylation sites (tertiary alicyclic amines) is 1. The predicted molar refractivity (Wildman–Crippen MR) is 134 cm³/mol. The number of alkyl halides is 5. The fourth-order valence-corrected chi connectivity index (χ4v) is 5.73. The lowest BCUT2D eigenvalue weighted by atomic mass is 9.62. The van der Waals surface area contributed by atoms with Crippen LogP contribution in [0.15, 0.2) is 42.5 Å². The molecule has 40 heavy (non-hydrogen) atoms. The van der Waals surface area contributed by atoms with E-state index < -0.39 is 35.3 Å². The third-order valence-electron chi connectivity index (χ3n) is 7.75. The van der Waals surface area contributed by atoms with Crippen molar-refractivity contribution in [1.82, 2.24) is 10.2 Å². The van der Waals surface area contributed by atoms with E-state index in [1.54, 1.807) is 13.2 Å². The van der Waals surface area contributed by atoms with Crippen LogP contribution in [0, 0.1) is 11.2 Å². The van der Waals surface area contributed by atoms with Gasteiger partial charge in [0.25, 0.3) is 5.91 Å². The first-order chi connectivity index (χ1) is 19.0. The van der Waals surface area contributed by atoms with Crippen LogP contribution < -0.4 is 14.8 Å². The third-order valence-corrected chi connectivity index (χ3v) is 7.75. The van der Waals surface area contributed by atoms with Gasteiger partial charge in [0.05, 0.1) is 12.2 Å². The molecule has 0 aliphatic carbocycles. The van der Waals surface area contributed by atoms with E-state index in [4.69, 9.17) is 9.47 Å². The monoisotopic (exact) mass is 574 g/mol. The number of nitrogens with zero attached hydrogens (tertiary/aromatic N) is 1. The van der Waals surface area contributed by atoms with Crippen molar-refractivity contribution in [3.63, 3.8) is 0 Å². The fraction of sp³-hybridized carbons (Fsp3) is 0.536. The van der Waals surface area contributed by atoms with E-state index in [0.717, 1.165) is 34.7 Å². The predicted octanol–water partition coefficient (Wildman–Crippen LogP) is 5.62. The fourth-order valence-electron chi connectivity index (χ4n) is 5.73. The molecular formula is C28H32F6N2O4. The zero-order valence-corrected chi connectivity index (χ0v) is 22.0. The summed E-state index contributed by atoms with van der Waals surface area (Å²) in [5.41, 5.74) is -0.704. The van der Waals surface area contributed by atoms with Gasteiger partial charge in [-0.3, -0.25) is 4.79 Å². The molecule has 0 unspecified atom stereocenters. The van der Waals surface area contributed by atoms with Crippen molar-refractivity contribution in [1.29, 1.82) is 0 Å². The van der Waals surface area contributed by atoms with Crippen LogP contribution in [0.3, 0.4) is 0 Å². The summed E-state index contributed by atoms with van der Waals surface area (Å²) in [5.74, 6) is -7.07. The molecule has 12 heteroatoms. The van der Waals surface area contributed by atoms with Gasteiger partial charge in [-0.05, 0) is 55.0 Å². The molecule has 1 spiro atoms. The van der Waals surface area contributed by atoms with Crippen molar-refractivity contribution in [3.05, 3.63) is 59.4 Å². The molecule has 2 aliphatic rings. The number of nitrogens with one attached hydrogen (secondary N) is 1. The molecule has 2 saturated heterocycles. The number of carbonyl (C=O) groups is 1. The Morgan fingerprint density at radius 1 is 1.02 bits per heavy atom. The van der Waals surface area contributed by atoms with Gasteiger partial charge >= 0.3 is 12.3 Å². The van der Waals surface area contributed by atoms with Crippen LogP contribution in [0.1, 0.15) is 42.7 Å². The zero-order chi connectivity index (χ0) is 29.0. The molecule has 1 atom stereocenters. The topological polar surface area (TPSA) is 60.0 Å². The molecule has 2 aliphatic heterocycles. The maximum atomic E-state index is 15.3. The normalized spacial score (nSPS) is 19.5. The van der Waals surface area contributed by atoms with Crippen LogP contribution in [0.5, 0.6) is 11.5 Å². The van der Waals surface area contributed by atoms with Crippen molar-refractivity contribution in [2.75, 3.05) is 46.5 Å². The van der Waals surface area contributed by atoms with Gasteiger partial charge in [0, 0.05) is 51.8 Å². The quantitative estimate of drug-likeness (QED) is 0.312. The molecule has 0 aromatic heterocycles. The molecule has 220 valence electrons. The van der Waals surface area contributed by atoms with Crippen LogP contribution >= 0.6 is 0 Å². The van der Waals surface area contributed by atoms with Gasteiger partial charge in [0.15, 0.2) is 0 Å². The molecule has 0 radical (unpaired) electrons. The van der Waals surface area contributed by atoms with Gasteiger partial charge in [-0.1, -0.05) is 18.2 Å². The highest BCUT2D eigenvalue weighted by atomic mass is 19.4. The van der Waals surface area contributed by atoms with Crippen LogP contribution in [0.4, 0.5) is 26.3 Å². The summed E-state index contributed by atoms with van der Waals surface area (Å²) in [6.07, 6.45) is -3.09. The summed E-state index contributed by atoms with van der Waals surface area (Å²) in [5, 5.41) is 3.35. The first-order valence-electron chi connectivity index (χ1n) is 13.1. The zero-order valence-electron chi connectivity index (χ0n) is 22.0. The summed E-state index contributed by atoms with van der Waals surface area (Å²) in [4.78, 5) is 14.0. The van der Waals surface area contributed by atoms with Crippen molar-refractivity contribution in [2.45, 2.75) is 43.9 Å². The maximum absolute atomic E-state index is 15.3. The molecule has 1 N–H and O–H groups in total. The lowest BCUT2D eigenvalue weighted by Gasteiger charge is -2.50. The minimum absolute atomic E-state index is 0.00155. The molecule has 6 nitrogen and oxygen atoms in total. The standard InChI is InChI=1S/C28H32F6N2O4/c1-38-15-4-16-39-24-17-19(29)7-8-20(24)22-18-35-12-9-26(22)10-13-36(14-11-26)25(37)27(30,31)21-5-2-3-6-23(21)40-28(32,33)34/h2-3,5-8,17,22,35H,4,9-16,18H2,1H3/t22-/m0/s1. The highest BCUT2D eigenvalue weighted by Crippen LogP contribution is 2.51. The first-order valence-corrected chi connectivity index (χ1v) is 13.1. The lowest BCUT2D eigenvalue weighted by molar-refractivity contribution is -0.275. The highest BCUT2D eigenvalue weighted by molar-refractivity contribution is 5.85. The maximum Gasteiger partial charge on any atom is 0.573 e. The number of methoxy groups -OCH3 is 1. The largest absolute Gasteiger partial charge is 0.573 e. The number of ether oxygens (including phenoxy) is 3. The van der Waals surface area contributed by atoms with Gasteiger partial charge in [0.1, 0.15) is 17.3 Å². The smallest absolute Gasteiger partial charge is 0.493 e. The van der Waals surface area contributed by atoms with Gasteiger partial charge in [-0.15, -0.1) is 13.2 Å².